The second-order valence-electron chi connectivity index (χ2n) is 5.22. The first kappa shape index (κ1) is 15.9. The maximum absolute atomic E-state index is 12.2. The quantitative estimate of drug-likeness (QED) is 0.775. The van der Waals surface area contributed by atoms with Crippen LogP contribution in [0.5, 0.6) is 0 Å². The number of rotatable bonds is 6. The predicted molar refractivity (Wildman–Crippen MR) is 73.8 cm³/mol. The van der Waals surface area contributed by atoms with Gasteiger partial charge in [-0.3, -0.25) is 14.4 Å². The van der Waals surface area contributed by atoms with Gasteiger partial charge < -0.3 is 15.0 Å². The predicted octanol–water partition coefficient (Wildman–Crippen LogP) is 1.60. The summed E-state index contributed by atoms with van der Waals surface area (Å²) in [6, 6.07) is 1.51. The van der Waals surface area contributed by atoms with E-state index < -0.39 is 11.5 Å². The van der Waals surface area contributed by atoms with Crippen molar-refractivity contribution in [2.24, 2.45) is 7.05 Å². The number of hydrogen-bond donors (Lipinski definition) is 2. The molecule has 1 aromatic heterocycles. The summed E-state index contributed by atoms with van der Waals surface area (Å²) < 4.78 is 1.56. The molecule has 0 aliphatic carbocycles. The van der Waals surface area contributed by atoms with Crippen LogP contribution in [-0.2, 0) is 11.8 Å². The van der Waals surface area contributed by atoms with Gasteiger partial charge in [0.1, 0.15) is 5.69 Å². The summed E-state index contributed by atoms with van der Waals surface area (Å²) in [6.07, 6.45) is 1.92. The number of carbonyl (C=O) groups is 3. The fourth-order valence-corrected chi connectivity index (χ4v) is 1.91. The van der Waals surface area contributed by atoms with Crippen LogP contribution >= 0.6 is 0 Å². The summed E-state index contributed by atoms with van der Waals surface area (Å²) in [5, 5.41) is 11.6. The van der Waals surface area contributed by atoms with Gasteiger partial charge >= 0.3 is 5.97 Å². The molecule has 0 aliphatic heterocycles. The van der Waals surface area contributed by atoms with Gasteiger partial charge in [-0.1, -0.05) is 6.92 Å². The van der Waals surface area contributed by atoms with E-state index in [9.17, 15) is 14.4 Å². The molecule has 0 saturated heterocycles. The zero-order valence-electron chi connectivity index (χ0n) is 12.2. The van der Waals surface area contributed by atoms with E-state index in [1.54, 1.807) is 24.7 Å². The Morgan fingerprint density at radius 3 is 2.40 bits per heavy atom. The summed E-state index contributed by atoms with van der Waals surface area (Å²) in [6.45, 7) is 4.93. The Labute approximate surface area is 117 Å². The van der Waals surface area contributed by atoms with Gasteiger partial charge in [-0.25, -0.2) is 0 Å². The van der Waals surface area contributed by atoms with Crippen LogP contribution in [0.4, 0.5) is 0 Å². The van der Waals surface area contributed by atoms with Gasteiger partial charge in [0, 0.05) is 24.3 Å². The maximum Gasteiger partial charge on any atom is 0.305 e. The van der Waals surface area contributed by atoms with E-state index in [1.165, 1.54) is 13.0 Å². The molecule has 1 unspecified atom stereocenters. The highest BCUT2D eigenvalue weighted by Crippen LogP contribution is 2.16. The van der Waals surface area contributed by atoms with E-state index in [2.05, 4.69) is 5.32 Å². The first-order valence-corrected chi connectivity index (χ1v) is 6.40. The normalized spacial score (nSPS) is 13.6. The van der Waals surface area contributed by atoms with Crippen LogP contribution in [0.1, 0.15) is 54.5 Å². The van der Waals surface area contributed by atoms with Crippen molar-refractivity contribution in [1.29, 1.82) is 0 Å². The fourth-order valence-electron chi connectivity index (χ4n) is 1.91. The smallest absolute Gasteiger partial charge is 0.305 e. The van der Waals surface area contributed by atoms with Crippen LogP contribution in [0.25, 0.3) is 0 Å². The second-order valence-corrected chi connectivity index (χ2v) is 5.22. The molecule has 0 aromatic carbocycles. The lowest BCUT2D eigenvalue weighted by Gasteiger charge is -2.27. The minimum absolute atomic E-state index is 0.122. The molecule has 1 rings (SSSR count). The number of Topliss-reactive ketones (excluding diaryl/α,β-unsaturated/α-hetero) is 1. The Morgan fingerprint density at radius 2 is 2.00 bits per heavy atom. The molecular formula is C14H20N2O4. The molecule has 110 valence electrons. The van der Waals surface area contributed by atoms with E-state index in [4.69, 9.17) is 5.11 Å². The number of aromatic nitrogens is 1. The van der Waals surface area contributed by atoms with E-state index >= 15 is 0 Å². The lowest BCUT2D eigenvalue weighted by atomic mass is 9.94. The van der Waals surface area contributed by atoms with Crippen molar-refractivity contribution < 1.29 is 19.5 Å². The number of carboxylic acids is 1. The van der Waals surface area contributed by atoms with E-state index in [0.29, 0.717) is 17.7 Å². The fraction of sp³-hybridized carbons (Fsp3) is 0.500. The van der Waals surface area contributed by atoms with Gasteiger partial charge in [0.15, 0.2) is 5.78 Å². The minimum atomic E-state index is -0.967. The van der Waals surface area contributed by atoms with E-state index in [0.717, 1.165) is 0 Å². The molecule has 0 spiro atoms. The molecule has 2 N–H and O–H groups in total. The van der Waals surface area contributed by atoms with E-state index in [-0.39, 0.29) is 18.1 Å². The largest absolute Gasteiger partial charge is 0.481 e. The first-order chi connectivity index (χ1) is 9.18. The number of nitrogens with zero attached hydrogens (tertiary/aromatic N) is 1. The molecular weight excluding hydrogens is 260 g/mol. The highest BCUT2D eigenvalue weighted by Gasteiger charge is 2.28. The van der Waals surface area contributed by atoms with Gasteiger partial charge in [0.05, 0.1) is 6.42 Å². The highest BCUT2D eigenvalue weighted by atomic mass is 16.4. The summed E-state index contributed by atoms with van der Waals surface area (Å²) in [7, 11) is 1.67. The lowest BCUT2D eigenvalue weighted by Crippen LogP contribution is -2.47. The number of carboxylic acid groups (broad SMARTS) is 1. The first-order valence-electron chi connectivity index (χ1n) is 6.40. The molecule has 1 amide bonds. The number of aryl methyl sites for hydroxylation is 1. The maximum atomic E-state index is 12.2. The highest BCUT2D eigenvalue weighted by molar-refractivity contribution is 5.99. The third-order valence-corrected chi connectivity index (χ3v) is 3.38. The van der Waals surface area contributed by atoms with Crippen LogP contribution in [0.2, 0.25) is 0 Å². The molecule has 0 aliphatic rings. The topological polar surface area (TPSA) is 88.4 Å². The van der Waals surface area contributed by atoms with Gasteiger partial charge in [0.2, 0.25) is 0 Å². The molecule has 0 fully saturated rings. The van der Waals surface area contributed by atoms with Crippen LogP contribution in [0.3, 0.4) is 0 Å². The SMILES string of the molecule is CCC(C)(CC(=O)O)NC(=O)c1cc(C(C)=O)cn1C. The molecule has 6 heteroatoms. The van der Waals surface area contributed by atoms with Crippen LogP contribution in [0.15, 0.2) is 12.3 Å². The third-order valence-electron chi connectivity index (χ3n) is 3.38. The Bertz CT molecular complexity index is 547. The van der Waals surface area contributed by atoms with Gasteiger partial charge in [-0.15, -0.1) is 0 Å². The average Bonchev–Trinajstić information content (AvgIpc) is 2.70. The van der Waals surface area contributed by atoms with Crippen molar-refractivity contribution in [1.82, 2.24) is 9.88 Å². The van der Waals surface area contributed by atoms with Gasteiger partial charge in [0.25, 0.3) is 5.91 Å². The average molecular weight is 280 g/mol. The molecule has 6 nitrogen and oxygen atoms in total. The van der Waals surface area contributed by atoms with Crippen molar-refractivity contribution in [2.45, 2.75) is 39.2 Å². The minimum Gasteiger partial charge on any atom is -0.481 e. The van der Waals surface area contributed by atoms with Crippen molar-refractivity contribution in [3.63, 3.8) is 0 Å². The third kappa shape index (κ3) is 3.69. The zero-order chi connectivity index (χ0) is 15.5. The van der Waals surface area contributed by atoms with Gasteiger partial charge in [-0.05, 0) is 26.3 Å². The Balaban J connectivity index is 2.95. The number of hydrogen-bond acceptors (Lipinski definition) is 3. The number of ketones is 1. The summed E-state index contributed by atoms with van der Waals surface area (Å²) in [5.41, 5.74) is -0.0295. The summed E-state index contributed by atoms with van der Waals surface area (Å²) in [5.74, 6) is -1.47. The Kier molecular flexibility index (Phi) is 4.70. The van der Waals surface area contributed by atoms with Crippen molar-refractivity contribution in [3.05, 3.63) is 23.5 Å². The number of amides is 1. The van der Waals surface area contributed by atoms with Crippen molar-refractivity contribution in [3.8, 4) is 0 Å². The number of nitrogens with one attached hydrogen (secondary N) is 1. The summed E-state index contributed by atoms with van der Waals surface area (Å²) in [4.78, 5) is 34.4. The van der Waals surface area contributed by atoms with Crippen LogP contribution in [0, 0.1) is 0 Å². The van der Waals surface area contributed by atoms with Crippen LogP contribution < -0.4 is 5.32 Å². The van der Waals surface area contributed by atoms with Gasteiger partial charge in [-0.2, -0.15) is 0 Å². The Morgan fingerprint density at radius 1 is 1.40 bits per heavy atom. The monoisotopic (exact) mass is 280 g/mol. The molecule has 0 bridgehead atoms. The molecule has 1 heterocycles. The standard InChI is InChI=1S/C14H20N2O4/c1-5-14(3,7-12(18)19)15-13(20)11-6-10(9(2)17)8-16(11)4/h6,8H,5,7H2,1-4H3,(H,15,20)(H,18,19). The summed E-state index contributed by atoms with van der Waals surface area (Å²) >= 11 is 0. The Hall–Kier alpha value is -2.11. The molecule has 20 heavy (non-hydrogen) atoms. The van der Waals surface area contributed by atoms with Crippen molar-refractivity contribution in [2.75, 3.05) is 0 Å². The number of carbonyl (C=O) groups excluding carboxylic acids is 2. The van der Waals surface area contributed by atoms with E-state index in [1.807, 2.05) is 6.92 Å². The number of aliphatic carboxylic acids is 1. The van der Waals surface area contributed by atoms with Crippen molar-refractivity contribution >= 4 is 17.7 Å². The molecule has 0 radical (unpaired) electrons. The second kappa shape index (κ2) is 5.90. The molecule has 1 atom stereocenters. The molecule has 1 aromatic rings. The lowest BCUT2D eigenvalue weighted by molar-refractivity contribution is -0.138. The zero-order valence-corrected chi connectivity index (χ0v) is 12.2. The van der Waals surface area contributed by atoms with Crippen LogP contribution in [-0.4, -0.2) is 32.9 Å². The molecule has 0 saturated carbocycles.